The summed E-state index contributed by atoms with van der Waals surface area (Å²) in [6.45, 7) is 1.97. The molecule has 7 aromatic carbocycles. The standard InChI is InChI=1S/2C19H12N.C6H4Br.C6H7N.Ir/c2*1-3-9-16-14(6-1)8-5-11-18(16)19-17-10-4-2-7-15(17)12-13-20-19;7-6-4-2-1-3-5-6;1-6-4-2-3-5-7-6;/h2*1-10,12-13H;1-2,4-5H;2-5H,1H3;/q3*-1;;+3. The van der Waals surface area contributed by atoms with Crippen LogP contribution in [-0.2, 0) is 20.1 Å². The number of nitrogens with zero attached hydrogens (tertiary/aromatic N) is 3. The Morgan fingerprint density at radius 3 is 1.25 bits per heavy atom. The third-order valence-electron chi connectivity index (χ3n) is 8.74. The van der Waals surface area contributed by atoms with Gasteiger partial charge in [-0.15, -0.1) is 74.2 Å². The van der Waals surface area contributed by atoms with Crippen molar-refractivity contribution in [3.05, 3.63) is 223 Å². The Hall–Kier alpha value is -5.84. The van der Waals surface area contributed by atoms with E-state index in [2.05, 4.69) is 158 Å². The van der Waals surface area contributed by atoms with E-state index in [0.717, 1.165) is 32.7 Å². The predicted molar refractivity (Wildman–Crippen MR) is 229 cm³/mol. The Kier molecular flexibility index (Phi) is 13.8. The Balaban J connectivity index is 0.000000138. The van der Waals surface area contributed by atoms with Crippen LogP contribution in [0.4, 0.5) is 0 Å². The monoisotopic (exact) mass is 949 g/mol. The number of hydrogen-bond acceptors (Lipinski definition) is 3. The van der Waals surface area contributed by atoms with E-state index in [1.165, 1.54) is 43.1 Å². The molecule has 0 unspecified atom stereocenters. The van der Waals surface area contributed by atoms with Gasteiger partial charge in [0.1, 0.15) is 0 Å². The molecule has 3 nitrogen and oxygen atoms in total. The second-order valence-electron chi connectivity index (χ2n) is 12.3. The van der Waals surface area contributed by atoms with E-state index in [1.807, 2.05) is 86.0 Å². The van der Waals surface area contributed by atoms with Crippen LogP contribution in [0, 0.1) is 25.1 Å². The van der Waals surface area contributed by atoms with Gasteiger partial charge in [0.05, 0.1) is 0 Å². The Bertz CT molecular complexity index is 2390. The topological polar surface area (TPSA) is 38.7 Å². The molecule has 0 bridgehead atoms. The molecule has 0 spiro atoms. The molecule has 0 saturated heterocycles. The van der Waals surface area contributed by atoms with Gasteiger partial charge in [-0.1, -0.05) is 118 Å². The van der Waals surface area contributed by atoms with Crippen molar-refractivity contribution >= 4 is 59.0 Å². The van der Waals surface area contributed by atoms with E-state index in [-0.39, 0.29) is 20.1 Å². The maximum atomic E-state index is 4.60. The zero-order chi connectivity index (χ0) is 37.0. The van der Waals surface area contributed by atoms with Gasteiger partial charge >= 0.3 is 20.1 Å². The molecule has 3 aromatic heterocycles. The molecule has 0 radical (unpaired) electrons. The molecule has 10 rings (SSSR count). The smallest absolute Gasteiger partial charge is 0.304 e. The van der Waals surface area contributed by atoms with Crippen molar-refractivity contribution in [1.29, 1.82) is 0 Å². The van der Waals surface area contributed by atoms with Crippen LogP contribution in [0.3, 0.4) is 0 Å². The first-order chi connectivity index (χ1) is 26.7. The summed E-state index contributed by atoms with van der Waals surface area (Å²) in [5, 5.41) is 9.58. The molecule has 266 valence electrons. The maximum absolute atomic E-state index is 4.60. The van der Waals surface area contributed by atoms with Gasteiger partial charge in [0.2, 0.25) is 0 Å². The van der Waals surface area contributed by atoms with Gasteiger partial charge in [0.15, 0.2) is 0 Å². The van der Waals surface area contributed by atoms with Crippen molar-refractivity contribution in [2.24, 2.45) is 0 Å². The fourth-order valence-corrected chi connectivity index (χ4v) is 6.46. The van der Waals surface area contributed by atoms with Crippen molar-refractivity contribution in [1.82, 2.24) is 15.0 Å². The van der Waals surface area contributed by atoms with E-state index < -0.39 is 0 Å². The van der Waals surface area contributed by atoms with Crippen LogP contribution in [0.1, 0.15) is 5.69 Å². The fourth-order valence-electron chi connectivity index (χ4n) is 6.17. The summed E-state index contributed by atoms with van der Waals surface area (Å²) >= 11 is 3.28. The third kappa shape index (κ3) is 9.83. The molecular formula is C50H35BrIrN3. The van der Waals surface area contributed by atoms with Gasteiger partial charge in [-0.05, 0) is 64.1 Å². The number of aromatic nitrogens is 3. The average Bonchev–Trinajstić information content (AvgIpc) is 3.24. The van der Waals surface area contributed by atoms with Crippen LogP contribution in [0.15, 0.2) is 199 Å². The molecule has 0 aliphatic heterocycles. The Labute approximate surface area is 344 Å². The first-order valence-electron chi connectivity index (χ1n) is 17.6. The largest absolute Gasteiger partial charge is 3.00 e. The Morgan fingerprint density at radius 1 is 0.418 bits per heavy atom. The molecular weight excluding hydrogens is 915 g/mol. The van der Waals surface area contributed by atoms with E-state index in [1.54, 1.807) is 6.20 Å². The van der Waals surface area contributed by atoms with Crippen LogP contribution >= 0.6 is 15.9 Å². The number of pyridine rings is 3. The van der Waals surface area contributed by atoms with Crippen LogP contribution in [0.2, 0.25) is 0 Å². The SMILES string of the molecule is Brc1c[c-]ccc1.Cc1ccccn1.[Ir+3].[c-]1ccc2ccccc2c1-c1nccc2ccccc12.[c-]1ccc2ccccc2c1-c1nccc2ccccc12. The summed E-state index contributed by atoms with van der Waals surface area (Å²) in [6.07, 6.45) is 5.52. The molecule has 0 amide bonds. The summed E-state index contributed by atoms with van der Waals surface area (Å²) in [6, 6.07) is 68.8. The number of halogens is 1. The van der Waals surface area contributed by atoms with Gasteiger partial charge in [-0.2, -0.15) is 30.3 Å². The summed E-state index contributed by atoms with van der Waals surface area (Å²) in [5.74, 6) is 0. The van der Waals surface area contributed by atoms with Crippen molar-refractivity contribution in [2.45, 2.75) is 6.92 Å². The second kappa shape index (κ2) is 19.5. The van der Waals surface area contributed by atoms with Gasteiger partial charge in [0.25, 0.3) is 0 Å². The fraction of sp³-hybridized carbons (Fsp3) is 0.0200. The first-order valence-corrected chi connectivity index (χ1v) is 18.4. The van der Waals surface area contributed by atoms with E-state index in [9.17, 15) is 0 Å². The van der Waals surface area contributed by atoms with Crippen molar-refractivity contribution in [3.8, 4) is 22.5 Å². The minimum atomic E-state index is 0. The quantitative estimate of drug-likeness (QED) is 0.162. The third-order valence-corrected chi connectivity index (χ3v) is 9.24. The Morgan fingerprint density at radius 2 is 0.873 bits per heavy atom. The van der Waals surface area contributed by atoms with Crippen molar-refractivity contribution < 1.29 is 20.1 Å². The molecule has 0 N–H and O–H groups in total. The second-order valence-corrected chi connectivity index (χ2v) is 13.2. The minimum Gasteiger partial charge on any atom is -0.304 e. The molecule has 3 heterocycles. The first kappa shape index (κ1) is 38.9. The van der Waals surface area contributed by atoms with Crippen LogP contribution in [0.25, 0.3) is 65.6 Å². The predicted octanol–water partition coefficient (Wildman–Crippen LogP) is 13.3. The minimum absolute atomic E-state index is 0. The number of rotatable bonds is 2. The van der Waals surface area contributed by atoms with Gasteiger partial charge < -0.3 is 9.97 Å². The molecule has 0 fully saturated rings. The van der Waals surface area contributed by atoms with E-state index in [4.69, 9.17) is 0 Å². The molecule has 55 heavy (non-hydrogen) atoms. The van der Waals surface area contributed by atoms with Crippen LogP contribution in [0.5, 0.6) is 0 Å². The van der Waals surface area contributed by atoms with Gasteiger partial charge in [-0.3, -0.25) is 4.98 Å². The van der Waals surface area contributed by atoms with Gasteiger partial charge in [0, 0.05) is 24.3 Å². The summed E-state index contributed by atoms with van der Waals surface area (Å²) in [4.78, 5) is 13.2. The summed E-state index contributed by atoms with van der Waals surface area (Å²) in [7, 11) is 0. The van der Waals surface area contributed by atoms with E-state index in [0.29, 0.717) is 0 Å². The molecule has 0 aliphatic rings. The number of hydrogen-bond donors (Lipinski definition) is 0. The van der Waals surface area contributed by atoms with Crippen LogP contribution < -0.4 is 0 Å². The molecule has 10 aromatic rings. The number of benzene rings is 7. The van der Waals surface area contributed by atoms with Crippen LogP contribution in [-0.4, -0.2) is 15.0 Å². The zero-order valence-corrected chi connectivity index (χ0v) is 34.0. The molecule has 0 atom stereocenters. The zero-order valence-electron chi connectivity index (χ0n) is 30.0. The normalized spacial score (nSPS) is 10.2. The number of aryl methyl sites for hydroxylation is 1. The van der Waals surface area contributed by atoms with Gasteiger partial charge in [-0.25, -0.2) is 0 Å². The molecule has 5 heteroatoms. The molecule has 0 saturated carbocycles. The van der Waals surface area contributed by atoms with Crippen molar-refractivity contribution in [3.63, 3.8) is 0 Å². The number of fused-ring (bicyclic) bond motifs is 4. The summed E-state index contributed by atoms with van der Waals surface area (Å²) < 4.78 is 1.08. The summed E-state index contributed by atoms with van der Waals surface area (Å²) in [5.41, 5.74) is 5.21. The van der Waals surface area contributed by atoms with Crippen molar-refractivity contribution in [2.75, 3.05) is 0 Å². The molecule has 0 aliphatic carbocycles. The van der Waals surface area contributed by atoms with E-state index >= 15 is 0 Å². The maximum Gasteiger partial charge on any atom is 3.00 e. The average molecular weight is 950 g/mol.